The molecule has 4 heterocycles. The van der Waals surface area contributed by atoms with Crippen molar-refractivity contribution in [2.75, 3.05) is 6.61 Å². The first-order chi connectivity index (χ1) is 16.3. The Morgan fingerprint density at radius 3 is 2.82 bits per heavy atom. The molecule has 0 saturated carbocycles. The van der Waals surface area contributed by atoms with Crippen molar-refractivity contribution in [3.8, 4) is 5.75 Å². The van der Waals surface area contributed by atoms with Gasteiger partial charge in [-0.2, -0.15) is 5.10 Å². The van der Waals surface area contributed by atoms with E-state index in [1.165, 1.54) is 24.3 Å². The number of rotatable bonds is 5. The Kier molecular flexibility index (Phi) is 5.57. The summed E-state index contributed by atoms with van der Waals surface area (Å²) < 4.78 is 21.4. The van der Waals surface area contributed by atoms with Crippen molar-refractivity contribution in [2.24, 2.45) is 0 Å². The third-order valence-corrected chi connectivity index (χ3v) is 6.46. The van der Waals surface area contributed by atoms with E-state index in [1.807, 2.05) is 13.8 Å². The van der Waals surface area contributed by atoms with Crippen molar-refractivity contribution in [3.05, 3.63) is 91.5 Å². The van der Waals surface area contributed by atoms with Crippen LogP contribution in [0, 0.1) is 19.7 Å². The number of amides is 1. The first-order valence-corrected chi connectivity index (χ1v) is 11.1. The zero-order valence-corrected chi connectivity index (χ0v) is 19.3. The normalized spacial score (nSPS) is 12.9. The zero-order chi connectivity index (χ0) is 24.0. The van der Waals surface area contributed by atoms with E-state index in [1.54, 1.807) is 21.7 Å². The van der Waals surface area contributed by atoms with Gasteiger partial charge in [-0.05, 0) is 31.5 Å². The van der Waals surface area contributed by atoms with Gasteiger partial charge in [0.15, 0.2) is 5.65 Å². The molecule has 0 fully saturated rings. The van der Waals surface area contributed by atoms with Crippen LogP contribution in [0.5, 0.6) is 5.75 Å². The standard InChI is InChI=1S/C24H21ClFN5O3/c1-13-22(25)14(2)31-23(28-13)18-11-30(12-19(18)29-31)24(33)17-5-4-16(26)9-20(17)34-8-7-15-3-6-21(32)27-10-15/h3-6,9-10H,7-8,11-12H2,1-2H3,(H,27,32). The highest BCUT2D eigenvalue weighted by Gasteiger charge is 2.31. The number of aromatic amines is 1. The summed E-state index contributed by atoms with van der Waals surface area (Å²) in [6, 6.07) is 7.01. The minimum atomic E-state index is -0.495. The van der Waals surface area contributed by atoms with Crippen molar-refractivity contribution in [1.29, 1.82) is 0 Å². The van der Waals surface area contributed by atoms with Gasteiger partial charge >= 0.3 is 0 Å². The van der Waals surface area contributed by atoms with E-state index in [0.717, 1.165) is 22.5 Å². The molecule has 4 aromatic rings. The molecular weight excluding hydrogens is 461 g/mol. The van der Waals surface area contributed by atoms with Crippen molar-refractivity contribution in [1.82, 2.24) is 24.5 Å². The fourth-order valence-corrected chi connectivity index (χ4v) is 4.22. The number of pyridine rings is 1. The van der Waals surface area contributed by atoms with E-state index >= 15 is 0 Å². The lowest BCUT2D eigenvalue weighted by molar-refractivity contribution is 0.0745. The molecule has 1 aromatic carbocycles. The summed E-state index contributed by atoms with van der Waals surface area (Å²) in [6.45, 7) is 4.57. The predicted octanol–water partition coefficient (Wildman–Crippen LogP) is 3.60. The van der Waals surface area contributed by atoms with Gasteiger partial charge in [0.1, 0.15) is 11.6 Å². The van der Waals surface area contributed by atoms with Gasteiger partial charge in [0.25, 0.3) is 5.91 Å². The van der Waals surface area contributed by atoms with Crippen molar-refractivity contribution in [3.63, 3.8) is 0 Å². The summed E-state index contributed by atoms with van der Waals surface area (Å²) in [5, 5.41) is 5.17. The number of ether oxygens (including phenoxy) is 1. The highest BCUT2D eigenvalue weighted by atomic mass is 35.5. The number of benzene rings is 1. The molecule has 10 heteroatoms. The van der Waals surface area contributed by atoms with Crippen LogP contribution in [-0.2, 0) is 19.5 Å². The van der Waals surface area contributed by atoms with E-state index in [0.29, 0.717) is 35.9 Å². The number of carbonyl (C=O) groups is 1. The molecule has 3 aromatic heterocycles. The van der Waals surface area contributed by atoms with Gasteiger partial charge in [-0.1, -0.05) is 17.7 Å². The monoisotopic (exact) mass is 481 g/mol. The Balaban J connectivity index is 1.36. The van der Waals surface area contributed by atoms with Gasteiger partial charge in [-0.15, -0.1) is 0 Å². The Hall–Kier alpha value is -3.72. The molecule has 1 amide bonds. The van der Waals surface area contributed by atoms with E-state index < -0.39 is 5.82 Å². The number of carbonyl (C=O) groups excluding carboxylic acids is 1. The Morgan fingerprint density at radius 1 is 1.24 bits per heavy atom. The topological polar surface area (TPSA) is 92.6 Å². The summed E-state index contributed by atoms with van der Waals surface area (Å²) in [7, 11) is 0. The summed E-state index contributed by atoms with van der Waals surface area (Å²) in [6.07, 6.45) is 2.09. The van der Waals surface area contributed by atoms with Crippen LogP contribution < -0.4 is 10.3 Å². The number of hydrogen-bond acceptors (Lipinski definition) is 5. The molecule has 0 spiro atoms. The van der Waals surface area contributed by atoms with Crippen LogP contribution in [0.2, 0.25) is 5.02 Å². The summed E-state index contributed by atoms with van der Waals surface area (Å²) >= 11 is 6.31. The molecule has 0 atom stereocenters. The second-order valence-electron chi connectivity index (χ2n) is 8.22. The maximum absolute atomic E-state index is 14.0. The Bertz CT molecular complexity index is 1480. The summed E-state index contributed by atoms with van der Waals surface area (Å²) in [5.41, 5.74) is 4.76. The SMILES string of the molecule is Cc1nc2c3c(nn2c(C)c1Cl)CN(C(=O)c1ccc(F)cc1OCCc1ccc(=O)[nH]c1)C3. The lowest BCUT2D eigenvalue weighted by Crippen LogP contribution is -2.26. The van der Waals surface area contributed by atoms with E-state index in [9.17, 15) is 14.0 Å². The van der Waals surface area contributed by atoms with E-state index in [2.05, 4.69) is 15.1 Å². The van der Waals surface area contributed by atoms with Gasteiger partial charge in [-0.3, -0.25) is 9.59 Å². The number of H-pyrrole nitrogens is 1. The molecule has 8 nitrogen and oxygen atoms in total. The van der Waals surface area contributed by atoms with E-state index in [4.69, 9.17) is 16.3 Å². The first kappa shape index (κ1) is 22.1. The number of hydrogen-bond donors (Lipinski definition) is 1. The number of aryl methyl sites for hydroxylation is 2. The van der Waals surface area contributed by atoms with Crippen LogP contribution in [0.4, 0.5) is 4.39 Å². The van der Waals surface area contributed by atoms with Gasteiger partial charge in [0, 0.05) is 30.3 Å². The highest BCUT2D eigenvalue weighted by Crippen LogP contribution is 2.31. The quantitative estimate of drug-likeness (QED) is 0.470. The highest BCUT2D eigenvalue weighted by molar-refractivity contribution is 6.31. The molecule has 0 aliphatic carbocycles. The average molecular weight is 482 g/mol. The van der Waals surface area contributed by atoms with Crippen LogP contribution in [0.25, 0.3) is 5.65 Å². The molecule has 5 rings (SSSR count). The van der Waals surface area contributed by atoms with Crippen molar-refractivity contribution < 1.29 is 13.9 Å². The molecule has 0 bridgehead atoms. The van der Waals surface area contributed by atoms with Crippen LogP contribution in [0.3, 0.4) is 0 Å². The van der Waals surface area contributed by atoms with Gasteiger partial charge in [0.2, 0.25) is 5.56 Å². The Morgan fingerprint density at radius 2 is 2.06 bits per heavy atom. The second-order valence-corrected chi connectivity index (χ2v) is 8.60. The largest absolute Gasteiger partial charge is 0.492 e. The molecular formula is C24H21ClFN5O3. The van der Waals surface area contributed by atoms with Crippen molar-refractivity contribution in [2.45, 2.75) is 33.4 Å². The fraction of sp³-hybridized carbons (Fsp3) is 0.250. The first-order valence-electron chi connectivity index (χ1n) is 10.7. The predicted molar refractivity (Wildman–Crippen MR) is 124 cm³/mol. The molecule has 0 saturated heterocycles. The molecule has 0 unspecified atom stereocenters. The lowest BCUT2D eigenvalue weighted by atomic mass is 10.1. The van der Waals surface area contributed by atoms with Gasteiger partial charge < -0.3 is 14.6 Å². The smallest absolute Gasteiger partial charge is 0.258 e. The minimum absolute atomic E-state index is 0.171. The molecule has 1 N–H and O–H groups in total. The molecule has 174 valence electrons. The van der Waals surface area contributed by atoms with Gasteiger partial charge in [0.05, 0.1) is 47.4 Å². The number of fused-ring (bicyclic) bond motifs is 3. The van der Waals surface area contributed by atoms with Crippen LogP contribution >= 0.6 is 11.6 Å². The molecule has 1 aliphatic rings. The average Bonchev–Trinajstić information content (AvgIpc) is 3.38. The fourth-order valence-electron chi connectivity index (χ4n) is 4.10. The Labute approximate surface area is 199 Å². The van der Waals surface area contributed by atoms with Crippen LogP contribution in [0.1, 0.15) is 38.6 Å². The molecule has 34 heavy (non-hydrogen) atoms. The zero-order valence-electron chi connectivity index (χ0n) is 18.6. The second kappa shape index (κ2) is 8.57. The maximum atomic E-state index is 14.0. The lowest BCUT2D eigenvalue weighted by Gasteiger charge is -2.18. The van der Waals surface area contributed by atoms with Crippen molar-refractivity contribution >= 4 is 23.2 Å². The minimum Gasteiger partial charge on any atom is -0.492 e. The number of aromatic nitrogens is 4. The number of halogens is 2. The van der Waals surface area contributed by atoms with Crippen LogP contribution in [0.15, 0.2) is 41.3 Å². The molecule has 1 aliphatic heterocycles. The summed E-state index contributed by atoms with van der Waals surface area (Å²) in [4.78, 5) is 33.4. The third-order valence-electron chi connectivity index (χ3n) is 5.91. The van der Waals surface area contributed by atoms with E-state index in [-0.39, 0.29) is 29.4 Å². The van der Waals surface area contributed by atoms with Crippen LogP contribution in [-0.4, -0.2) is 37.0 Å². The number of nitrogens with one attached hydrogen (secondary N) is 1. The number of nitrogens with zero attached hydrogens (tertiary/aromatic N) is 4. The maximum Gasteiger partial charge on any atom is 0.258 e. The summed E-state index contributed by atoms with van der Waals surface area (Å²) in [5.74, 6) is -0.604. The third kappa shape index (κ3) is 3.92. The van der Waals surface area contributed by atoms with Gasteiger partial charge in [-0.25, -0.2) is 13.9 Å². The molecule has 0 radical (unpaired) electrons.